The molecule has 0 aromatic carbocycles. The fourth-order valence-corrected chi connectivity index (χ4v) is 1.98. The van der Waals surface area contributed by atoms with Crippen molar-refractivity contribution in [3.05, 3.63) is 0 Å². The number of carbonyl (C=O) groups is 1. The van der Waals surface area contributed by atoms with Crippen LogP contribution in [0.15, 0.2) is 0 Å². The molecule has 0 atom stereocenters. The molecule has 0 radical (unpaired) electrons. The van der Waals surface area contributed by atoms with Gasteiger partial charge < -0.3 is 15.8 Å². The van der Waals surface area contributed by atoms with E-state index in [0.29, 0.717) is 5.41 Å². The molecule has 3 N–H and O–H groups in total. The summed E-state index contributed by atoms with van der Waals surface area (Å²) in [7, 11) is 0. The maximum atomic E-state index is 11.1. The first-order valence-corrected chi connectivity index (χ1v) is 5.77. The van der Waals surface area contributed by atoms with Gasteiger partial charge in [-0.3, -0.25) is 4.79 Å². The molecule has 4 heteroatoms. The Morgan fingerprint density at radius 1 is 1.53 bits per heavy atom. The van der Waals surface area contributed by atoms with Gasteiger partial charge in [-0.15, -0.1) is 0 Å². The molecular weight excluding hydrogens is 192 g/mol. The van der Waals surface area contributed by atoms with Gasteiger partial charge in [0.15, 0.2) is 0 Å². The van der Waals surface area contributed by atoms with Crippen LogP contribution in [0, 0.1) is 5.41 Å². The molecule has 0 unspecified atom stereocenters. The van der Waals surface area contributed by atoms with Crippen LogP contribution in [0.5, 0.6) is 0 Å². The van der Waals surface area contributed by atoms with Crippen LogP contribution in [-0.2, 0) is 9.53 Å². The largest absolute Gasteiger partial charge is 0.382 e. The highest BCUT2D eigenvalue weighted by Crippen LogP contribution is 2.43. The Kier molecular flexibility index (Phi) is 5.05. The van der Waals surface area contributed by atoms with E-state index in [-0.39, 0.29) is 12.5 Å². The van der Waals surface area contributed by atoms with Gasteiger partial charge in [-0.2, -0.15) is 0 Å². The lowest BCUT2D eigenvalue weighted by Gasteiger charge is -2.42. The van der Waals surface area contributed by atoms with Gasteiger partial charge in [0.1, 0.15) is 0 Å². The van der Waals surface area contributed by atoms with Crippen molar-refractivity contribution in [1.82, 2.24) is 5.32 Å². The summed E-state index contributed by atoms with van der Waals surface area (Å²) < 4.78 is 5.36. The minimum Gasteiger partial charge on any atom is -0.382 e. The zero-order chi connectivity index (χ0) is 11.1. The predicted octanol–water partition coefficient (Wildman–Crippen LogP) is 0.658. The van der Waals surface area contributed by atoms with Gasteiger partial charge in [0.05, 0.1) is 6.54 Å². The third-order valence-corrected chi connectivity index (χ3v) is 3.24. The summed E-state index contributed by atoms with van der Waals surface area (Å²) in [4.78, 5) is 11.1. The van der Waals surface area contributed by atoms with Gasteiger partial charge in [0.2, 0.25) is 5.91 Å². The zero-order valence-corrected chi connectivity index (χ0v) is 9.55. The van der Waals surface area contributed by atoms with E-state index >= 15 is 0 Å². The van der Waals surface area contributed by atoms with E-state index in [4.69, 9.17) is 10.5 Å². The lowest BCUT2D eigenvalue weighted by Crippen LogP contribution is -2.44. The Hall–Kier alpha value is -0.610. The molecule has 15 heavy (non-hydrogen) atoms. The maximum Gasteiger partial charge on any atom is 0.233 e. The summed E-state index contributed by atoms with van der Waals surface area (Å²) in [5.74, 6) is -0.0577. The van der Waals surface area contributed by atoms with Gasteiger partial charge >= 0.3 is 0 Å². The van der Waals surface area contributed by atoms with Crippen molar-refractivity contribution in [2.45, 2.75) is 32.6 Å². The van der Waals surface area contributed by atoms with Gasteiger partial charge in [-0.05, 0) is 31.6 Å². The number of ether oxygens (including phenoxy) is 1. The molecule has 4 nitrogen and oxygen atoms in total. The lowest BCUT2D eigenvalue weighted by atomic mass is 9.67. The van der Waals surface area contributed by atoms with Crippen molar-refractivity contribution in [3.8, 4) is 0 Å². The molecule has 88 valence electrons. The maximum absolute atomic E-state index is 11.1. The molecule has 0 aromatic heterocycles. The molecule has 1 saturated carbocycles. The van der Waals surface area contributed by atoms with Gasteiger partial charge in [-0.1, -0.05) is 6.42 Å². The SMILES string of the molecule is CCOCCC1(CNC(=O)CN)CCC1. The molecule has 1 aliphatic carbocycles. The summed E-state index contributed by atoms with van der Waals surface area (Å²) >= 11 is 0. The standard InChI is InChI=1S/C11H22N2O2/c1-2-15-7-6-11(4-3-5-11)9-13-10(14)8-12/h2-9,12H2,1H3,(H,13,14). The molecular formula is C11H22N2O2. The van der Waals surface area contributed by atoms with Crippen molar-refractivity contribution >= 4 is 5.91 Å². The van der Waals surface area contributed by atoms with Gasteiger partial charge in [0.25, 0.3) is 0 Å². The Balaban J connectivity index is 2.23. The predicted molar refractivity (Wildman–Crippen MR) is 59.5 cm³/mol. The molecule has 0 heterocycles. The number of nitrogens with one attached hydrogen (secondary N) is 1. The Morgan fingerprint density at radius 3 is 2.73 bits per heavy atom. The summed E-state index contributed by atoms with van der Waals surface area (Å²) in [6, 6.07) is 0. The number of carbonyl (C=O) groups excluding carboxylic acids is 1. The summed E-state index contributed by atoms with van der Waals surface area (Å²) in [5.41, 5.74) is 5.54. The second kappa shape index (κ2) is 6.08. The van der Waals surface area contributed by atoms with E-state index in [0.717, 1.165) is 26.2 Å². The Morgan fingerprint density at radius 2 is 2.27 bits per heavy atom. The number of rotatable bonds is 7. The molecule has 1 rings (SSSR count). The Bertz CT molecular complexity index is 203. The highest BCUT2D eigenvalue weighted by molar-refractivity contribution is 5.77. The first kappa shape index (κ1) is 12.5. The van der Waals surface area contributed by atoms with Crippen molar-refractivity contribution in [2.24, 2.45) is 11.1 Å². The average molecular weight is 214 g/mol. The van der Waals surface area contributed by atoms with E-state index in [2.05, 4.69) is 5.32 Å². The minimum atomic E-state index is -0.0577. The average Bonchev–Trinajstić information content (AvgIpc) is 2.20. The molecule has 0 aromatic rings. The van der Waals surface area contributed by atoms with E-state index in [1.807, 2.05) is 6.92 Å². The fourth-order valence-electron chi connectivity index (χ4n) is 1.98. The normalized spacial score (nSPS) is 18.3. The third kappa shape index (κ3) is 3.80. The number of amides is 1. The molecule has 0 aliphatic heterocycles. The second-order valence-electron chi connectivity index (χ2n) is 4.28. The van der Waals surface area contributed by atoms with E-state index in [1.54, 1.807) is 0 Å². The number of hydrogen-bond acceptors (Lipinski definition) is 3. The Labute approximate surface area is 91.5 Å². The molecule has 0 saturated heterocycles. The van der Waals surface area contributed by atoms with Crippen LogP contribution in [0.4, 0.5) is 0 Å². The molecule has 0 bridgehead atoms. The van der Waals surface area contributed by atoms with Crippen LogP contribution in [0.25, 0.3) is 0 Å². The van der Waals surface area contributed by atoms with E-state index < -0.39 is 0 Å². The molecule has 0 spiro atoms. The van der Waals surface area contributed by atoms with E-state index in [1.165, 1.54) is 19.3 Å². The van der Waals surface area contributed by atoms with Gasteiger partial charge in [0, 0.05) is 19.8 Å². The monoisotopic (exact) mass is 214 g/mol. The van der Waals surface area contributed by atoms with Crippen molar-refractivity contribution in [1.29, 1.82) is 0 Å². The summed E-state index contributed by atoms with van der Waals surface area (Å²) in [6.07, 6.45) is 4.71. The van der Waals surface area contributed by atoms with Crippen molar-refractivity contribution < 1.29 is 9.53 Å². The van der Waals surface area contributed by atoms with Crippen LogP contribution in [0.1, 0.15) is 32.6 Å². The topological polar surface area (TPSA) is 64.3 Å². The number of hydrogen-bond donors (Lipinski definition) is 2. The summed E-state index contributed by atoms with van der Waals surface area (Å²) in [6.45, 7) is 4.42. The van der Waals surface area contributed by atoms with Crippen molar-refractivity contribution in [2.75, 3.05) is 26.3 Å². The second-order valence-corrected chi connectivity index (χ2v) is 4.28. The minimum absolute atomic E-state index is 0.0577. The first-order valence-electron chi connectivity index (χ1n) is 5.77. The van der Waals surface area contributed by atoms with Crippen LogP contribution in [0.2, 0.25) is 0 Å². The smallest absolute Gasteiger partial charge is 0.233 e. The lowest BCUT2D eigenvalue weighted by molar-refractivity contribution is -0.120. The van der Waals surface area contributed by atoms with Crippen molar-refractivity contribution in [3.63, 3.8) is 0 Å². The van der Waals surface area contributed by atoms with Crippen LogP contribution >= 0.6 is 0 Å². The zero-order valence-electron chi connectivity index (χ0n) is 9.55. The van der Waals surface area contributed by atoms with Crippen LogP contribution in [-0.4, -0.2) is 32.2 Å². The van der Waals surface area contributed by atoms with Crippen LogP contribution in [0.3, 0.4) is 0 Å². The van der Waals surface area contributed by atoms with Gasteiger partial charge in [-0.25, -0.2) is 0 Å². The fraction of sp³-hybridized carbons (Fsp3) is 0.909. The highest BCUT2D eigenvalue weighted by Gasteiger charge is 2.36. The molecule has 1 fully saturated rings. The highest BCUT2D eigenvalue weighted by atomic mass is 16.5. The van der Waals surface area contributed by atoms with E-state index in [9.17, 15) is 4.79 Å². The molecule has 1 aliphatic rings. The summed E-state index contributed by atoms with van der Waals surface area (Å²) in [5, 5.41) is 2.88. The quantitative estimate of drug-likeness (QED) is 0.612. The molecule has 1 amide bonds. The first-order chi connectivity index (χ1) is 7.22. The number of nitrogens with two attached hydrogens (primary N) is 1. The third-order valence-electron chi connectivity index (χ3n) is 3.24. The van der Waals surface area contributed by atoms with Crippen LogP contribution < -0.4 is 11.1 Å².